The largest absolute Gasteiger partial charge is 0.0619 e. The molecule has 48 heavy (non-hydrogen) atoms. The molecule has 2 aliphatic carbocycles. The molecular weight excluding hydrogens is 577 g/mol. The minimum absolute atomic E-state index is 0.278. The third kappa shape index (κ3) is 4.23. The zero-order chi connectivity index (χ0) is 31.6. The molecular formula is C48H32. The molecule has 0 atom stereocenters. The summed E-state index contributed by atoms with van der Waals surface area (Å²) in [5.74, 6) is 0.556. The van der Waals surface area contributed by atoms with Crippen LogP contribution < -0.4 is 0 Å². The van der Waals surface area contributed by atoms with E-state index in [1.54, 1.807) is 0 Å². The molecule has 10 rings (SSSR count). The van der Waals surface area contributed by atoms with Gasteiger partial charge in [-0.05, 0) is 101 Å². The van der Waals surface area contributed by atoms with Crippen LogP contribution in [0.1, 0.15) is 45.2 Å². The molecule has 0 aromatic heterocycles. The highest BCUT2D eigenvalue weighted by Gasteiger charge is 2.30. The SMILES string of the molecule is c1ccc2c(c1)-c1ccccc1C2c1ccc(-c2ccc3cc(-c4ccc(C5c6ccccc6-c6ccccc65)cc4)ccc3c2)cc1. The van der Waals surface area contributed by atoms with E-state index in [4.69, 9.17) is 0 Å². The van der Waals surface area contributed by atoms with Gasteiger partial charge in [0.05, 0.1) is 0 Å². The molecule has 224 valence electrons. The Morgan fingerprint density at radius 1 is 0.250 bits per heavy atom. The van der Waals surface area contributed by atoms with E-state index >= 15 is 0 Å². The van der Waals surface area contributed by atoms with Crippen LogP contribution in [-0.4, -0.2) is 0 Å². The highest BCUT2D eigenvalue weighted by molar-refractivity contribution is 5.91. The molecule has 8 aromatic rings. The molecule has 0 spiro atoms. The second kappa shape index (κ2) is 10.8. The van der Waals surface area contributed by atoms with Crippen molar-refractivity contribution >= 4 is 10.8 Å². The summed E-state index contributed by atoms with van der Waals surface area (Å²) in [6.45, 7) is 0. The van der Waals surface area contributed by atoms with Crippen LogP contribution in [0, 0.1) is 0 Å². The molecule has 0 radical (unpaired) electrons. The highest BCUT2D eigenvalue weighted by atomic mass is 14.3. The summed E-state index contributed by atoms with van der Waals surface area (Å²) in [6, 6.07) is 67.6. The van der Waals surface area contributed by atoms with E-state index in [9.17, 15) is 0 Å². The molecule has 0 heterocycles. The summed E-state index contributed by atoms with van der Waals surface area (Å²) < 4.78 is 0. The topological polar surface area (TPSA) is 0 Å². The number of hydrogen-bond acceptors (Lipinski definition) is 0. The average Bonchev–Trinajstić information content (AvgIpc) is 3.68. The fraction of sp³-hybridized carbons (Fsp3) is 0.0417. The maximum Gasteiger partial charge on any atom is 0.0352 e. The second-order valence-electron chi connectivity index (χ2n) is 13.2. The van der Waals surface area contributed by atoms with E-state index in [0.29, 0.717) is 0 Å². The smallest absolute Gasteiger partial charge is 0.0352 e. The van der Waals surface area contributed by atoms with Gasteiger partial charge in [-0.1, -0.05) is 170 Å². The molecule has 8 aromatic carbocycles. The Bertz CT molecular complexity index is 2230. The van der Waals surface area contributed by atoms with Crippen LogP contribution in [0.3, 0.4) is 0 Å². The van der Waals surface area contributed by atoms with E-state index < -0.39 is 0 Å². The first-order valence-corrected chi connectivity index (χ1v) is 16.9. The van der Waals surface area contributed by atoms with Crippen molar-refractivity contribution < 1.29 is 0 Å². The average molecular weight is 609 g/mol. The van der Waals surface area contributed by atoms with Crippen molar-refractivity contribution in [2.75, 3.05) is 0 Å². The zero-order valence-electron chi connectivity index (χ0n) is 26.5. The molecule has 0 nitrogen and oxygen atoms in total. The first-order chi connectivity index (χ1) is 23.8. The Balaban J connectivity index is 0.927. The van der Waals surface area contributed by atoms with Gasteiger partial charge in [0.1, 0.15) is 0 Å². The lowest BCUT2D eigenvalue weighted by Crippen LogP contribution is -1.99. The third-order valence-electron chi connectivity index (χ3n) is 10.7. The van der Waals surface area contributed by atoms with Crippen molar-refractivity contribution in [1.82, 2.24) is 0 Å². The number of rotatable bonds is 4. The van der Waals surface area contributed by atoms with Crippen LogP contribution in [0.2, 0.25) is 0 Å². The zero-order valence-corrected chi connectivity index (χ0v) is 26.5. The maximum atomic E-state index is 2.33. The fourth-order valence-electron chi connectivity index (χ4n) is 8.37. The van der Waals surface area contributed by atoms with Crippen molar-refractivity contribution in [3.8, 4) is 44.5 Å². The molecule has 0 aliphatic heterocycles. The fourth-order valence-corrected chi connectivity index (χ4v) is 8.37. The normalized spacial score (nSPS) is 13.2. The quantitative estimate of drug-likeness (QED) is 0.186. The van der Waals surface area contributed by atoms with Gasteiger partial charge in [-0.15, -0.1) is 0 Å². The Hall–Kier alpha value is -5.98. The van der Waals surface area contributed by atoms with Crippen LogP contribution in [0.15, 0.2) is 182 Å². The maximum absolute atomic E-state index is 2.33. The number of fused-ring (bicyclic) bond motifs is 7. The van der Waals surface area contributed by atoms with Crippen molar-refractivity contribution in [3.63, 3.8) is 0 Å². The first-order valence-electron chi connectivity index (χ1n) is 16.9. The monoisotopic (exact) mass is 608 g/mol. The number of hydrogen-bond donors (Lipinski definition) is 0. The van der Waals surface area contributed by atoms with Gasteiger partial charge in [-0.25, -0.2) is 0 Å². The van der Waals surface area contributed by atoms with Gasteiger partial charge in [0, 0.05) is 11.8 Å². The molecule has 0 N–H and O–H groups in total. The molecule has 0 unspecified atom stereocenters. The molecule has 0 heteroatoms. The Morgan fingerprint density at radius 3 is 0.875 bits per heavy atom. The van der Waals surface area contributed by atoms with Crippen molar-refractivity contribution in [2.45, 2.75) is 11.8 Å². The summed E-state index contributed by atoms with van der Waals surface area (Å²) >= 11 is 0. The van der Waals surface area contributed by atoms with Crippen molar-refractivity contribution in [3.05, 3.63) is 215 Å². The summed E-state index contributed by atoms with van der Waals surface area (Å²) in [7, 11) is 0. The van der Waals surface area contributed by atoms with Crippen molar-refractivity contribution in [2.24, 2.45) is 0 Å². The Labute approximate surface area is 281 Å². The van der Waals surface area contributed by atoms with Gasteiger partial charge < -0.3 is 0 Å². The molecule has 0 bridgehead atoms. The molecule has 0 amide bonds. The standard InChI is InChI=1S/C48H32/c1-5-13-43-39(9-1)40-10-2-6-14-44(40)47(43)33-21-17-31(18-22-33)35-25-27-38-30-36(26-28-37(38)29-35)32-19-23-34(24-20-32)48-45-15-7-3-11-41(45)42-12-4-8-16-46(42)48/h1-30,47-48H. The minimum atomic E-state index is 0.278. The second-order valence-corrected chi connectivity index (χ2v) is 13.2. The van der Waals surface area contributed by atoms with Gasteiger partial charge in [0.25, 0.3) is 0 Å². The Kier molecular flexibility index (Phi) is 6.11. The summed E-state index contributed by atoms with van der Waals surface area (Å²) in [4.78, 5) is 0. The van der Waals surface area contributed by atoms with E-state index in [-0.39, 0.29) is 11.8 Å². The summed E-state index contributed by atoms with van der Waals surface area (Å²) in [6.07, 6.45) is 0. The van der Waals surface area contributed by atoms with Gasteiger partial charge >= 0.3 is 0 Å². The lowest BCUT2D eigenvalue weighted by molar-refractivity contribution is 1.02. The van der Waals surface area contributed by atoms with Crippen LogP contribution >= 0.6 is 0 Å². The van der Waals surface area contributed by atoms with Gasteiger partial charge in [0.2, 0.25) is 0 Å². The summed E-state index contributed by atoms with van der Waals surface area (Å²) in [5, 5.41) is 2.52. The van der Waals surface area contributed by atoms with E-state index in [0.717, 1.165) is 0 Å². The Morgan fingerprint density at radius 2 is 0.542 bits per heavy atom. The molecule has 0 saturated carbocycles. The predicted octanol–water partition coefficient (Wildman–Crippen LogP) is 12.5. The van der Waals surface area contributed by atoms with Crippen LogP contribution in [0.4, 0.5) is 0 Å². The van der Waals surface area contributed by atoms with Gasteiger partial charge in [-0.2, -0.15) is 0 Å². The first kappa shape index (κ1) is 27.2. The van der Waals surface area contributed by atoms with Crippen LogP contribution in [0.25, 0.3) is 55.3 Å². The van der Waals surface area contributed by atoms with Gasteiger partial charge in [0.15, 0.2) is 0 Å². The number of benzene rings is 8. The van der Waals surface area contributed by atoms with E-state index in [1.165, 1.54) is 88.7 Å². The van der Waals surface area contributed by atoms with E-state index in [1.807, 2.05) is 0 Å². The van der Waals surface area contributed by atoms with E-state index in [2.05, 4.69) is 182 Å². The molecule has 0 saturated heterocycles. The summed E-state index contributed by atoms with van der Waals surface area (Å²) in [5.41, 5.74) is 18.7. The third-order valence-corrected chi connectivity index (χ3v) is 10.7. The highest BCUT2D eigenvalue weighted by Crippen LogP contribution is 2.49. The van der Waals surface area contributed by atoms with Crippen molar-refractivity contribution in [1.29, 1.82) is 0 Å². The van der Waals surface area contributed by atoms with Gasteiger partial charge in [-0.3, -0.25) is 0 Å². The van der Waals surface area contributed by atoms with Crippen LogP contribution in [0.5, 0.6) is 0 Å². The lowest BCUT2D eigenvalue weighted by Gasteiger charge is -2.15. The van der Waals surface area contributed by atoms with Crippen LogP contribution in [-0.2, 0) is 0 Å². The molecule has 2 aliphatic rings. The predicted molar refractivity (Wildman–Crippen MR) is 200 cm³/mol. The lowest BCUT2D eigenvalue weighted by atomic mass is 9.88. The molecule has 0 fully saturated rings. The minimum Gasteiger partial charge on any atom is -0.0619 e.